The number of rotatable bonds is 3. The molecule has 17 heavy (non-hydrogen) atoms. The number of nitrogens with one attached hydrogen (secondary N) is 1. The summed E-state index contributed by atoms with van der Waals surface area (Å²) in [6.45, 7) is 0.532. The van der Waals surface area contributed by atoms with Crippen LogP contribution in [-0.4, -0.2) is 4.98 Å². The zero-order chi connectivity index (χ0) is 11.4. The summed E-state index contributed by atoms with van der Waals surface area (Å²) in [7, 11) is 0. The van der Waals surface area contributed by atoms with Gasteiger partial charge in [0.15, 0.2) is 0 Å². The third kappa shape index (κ3) is 3.46. The van der Waals surface area contributed by atoms with Gasteiger partial charge in [0.2, 0.25) is 0 Å². The van der Waals surface area contributed by atoms with E-state index in [9.17, 15) is 0 Å². The molecule has 1 aromatic heterocycles. The van der Waals surface area contributed by atoms with Gasteiger partial charge in [-0.05, 0) is 29.8 Å². The van der Waals surface area contributed by atoms with Gasteiger partial charge in [0.25, 0.3) is 0 Å². The van der Waals surface area contributed by atoms with Gasteiger partial charge in [-0.3, -0.25) is 0 Å². The summed E-state index contributed by atoms with van der Waals surface area (Å²) < 4.78 is 0. The quantitative estimate of drug-likeness (QED) is 0.757. The van der Waals surface area contributed by atoms with Crippen molar-refractivity contribution in [3.8, 4) is 0 Å². The minimum Gasteiger partial charge on any atom is -0.397 e. The maximum Gasteiger partial charge on any atom is 0.130 e. The minimum atomic E-state index is 0. The largest absolute Gasteiger partial charge is 0.397 e. The average Bonchev–Trinajstić information content (AvgIpc) is 2.32. The van der Waals surface area contributed by atoms with Crippen LogP contribution >= 0.6 is 0 Å². The van der Waals surface area contributed by atoms with Gasteiger partial charge >= 0.3 is 0 Å². The molecule has 1 heterocycles. The Morgan fingerprint density at radius 2 is 2.00 bits per heavy atom. The Bertz CT molecular complexity index is 465. The van der Waals surface area contributed by atoms with Crippen LogP contribution in [-0.2, 0) is 6.54 Å². The molecule has 5 N–H and O–H groups in total. The molecule has 0 saturated carbocycles. The topological polar surface area (TPSA) is 77.0 Å². The molecule has 0 saturated heterocycles. The number of aromatic nitrogens is 1. The van der Waals surface area contributed by atoms with E-state index in [0.29, 0.717) is 12.2 Å². The highest BCUT2D eigenvalue weighted by atomic mass is 15.0. The zero-order valence-electron chi connectivity index (χ0n) is 8.85. The van der Waals surface area contributed by atoms with E-state index in [0.717, 1.165) is 17.1 Å². The van der Waals surface area contributed by atoms with Crippen molar-refractivity contribution in [1.82, 2.24) is 4.98 Å². The van der Waals surface area contributed by atoms with Gasteiger partial charge in [0.1, 0.15) is 5.82 Å². The first-order valence-electron chi connectivity index (χ1n) is 5.05. The first kappa shape index (κ1) is 13.0. The second-order valence-corrected chi connectivity index (χ2v) is 3.51. The molecule has 0 radical (unpaired) electrons. The van der Waals surface area contributed by atoms with Crippen molar-refractivity contribution >= 4 is 17.2 Å². The molecule has 0 aliphatic heterocycles. The normalized spacial score (nSPS) is 9.47. The molecule has 4 heteroatoms. The van der Waals surface area contributed by atoms with Crippen LogP contribution in [0.4, 0.5) is 17.2 Å². The van der Waals surface area contributed by atoms with Gasteiger partial charge in [-0.1, -0.05) is 19.6 Å². The first-order chi connectivity index (χ1) is 7.78. The summed E-state index contributed by atoms with van der Waals surface area (Å²) >= 11 is 0. The summed E-state index contributed by atoms with van der Waals surface area (Å²) in [6, 6.07) is 11.6. The molecule has 0 aliphatic rings. The summed E-state index contributed by atoms with van der Waals surface area (Å²) in [5.41, 5.74) is 13.8. The second-order valence-electron chi connectivity index (χ2n) is 3.51. The lowest BCUT2D eigenvalue weighted by atomic mass is 10.2. The van der Waals surface area contributed by atoms with Crippen LogP contribution in [0.15, 0.2) is 42.6 Å². The van der Waals surface area contributed by atoms with Crippen molar-refractivity contribution in [2.24, 2.45) is 5.73 Å². The molecule has 0 atom stereocenters. The first-order valence-corrected chi connectivity index (χ1v) is 5.05. The maximum absolute atomic E-state index is 5.57. The Balaban J connectivity index is 0.00000144. The zero-order valence-corrected chi connectivity index (χ0v) is 8.85. The molecular formula is C13H18N4. The molecule has 0 spiro atoms. The van der Waals surface area contributed by atoms with Crippen LogP contribution in [0.3, 0.4) is 0 Å². The molecule has 0 bridgehead atoms. The second kappa shape index (κ2) is 5.86. The van der Waals surface area contributed by atoms with E-state index in [1.54, 1.807) is 6.20 Å². The minimum absolute atomic E-state index is 0. The Hall–Kier alpha value is -2.07. The molecule has 2 aromatic rings. The molecule has 0 amide bonds. The van der Waals surface area contributed by atoms with Gasteiger partial charge in [0.05, 0.1) is 11.9 Å². The fourth-order valence-corrected chi connectivity index (χ4v) is 1.40. The smallest absolute Gasteiger partial charge is 0.130 e. The number of nitrogens with two attached hydrogens (primary N) is 2. The number of hydrogen-bond acceptors (Lipinski definition) is 4. The Morgan fingerprint density at radius 1 is 1.18 bits per heavy atom. The van der Waals surface area contributed by atoms with Gasteiger partial charge in [-0.2, -0.15) is 0 Å². The lowest BCUT2D eigenvalue weighted by Crippen LogP contribution is -1.98. The molecule has 4 nitrogen and oxygen atoms in total. The van der Waals surface area contributed by atoms with Gasteiger partial charge in [0, 0.05) is 12.2 Å². The predicted molar refractivity (Wildman–Crippen MR) is 73.0 cm³/mol. The number of anilines is 3. The third-order valence-electron chi connectivity index (χ3n) is 2.22. The van der Waals surface area contributed by atoms with Gasteiger partial charge in [-0.25, -0.2) is 4.98 Å². The van der Waals surface area contributed by atoms with Gasteiger partial charge < -0.3 is 16.8 Å². The van der Waals surface area contributed by atoms with Crippen LogP contribution in [0.1, 0.15) is 13.0 Å². The summed E-state index contributed by atoms with van der Waals surface area (Å²) in [5.74, 6) is 0.767. The highest BCUT2D eigenvalue weighted by Crippen LogP contribution is 2.16. The Labute approximate surface area is 102 Å². The van der Waals surface area contributed by atoms with E-state index in [4.69, 9.17) is 11.5 Å². The number of benzene rings is 1. The highest BCUT2D eigenvalue weighted by molar-refractivity contribution is 5.58. The number of nitrogen functional groups attached to an aromatic ring is 1. The van der Waals surface area contributed by atoms with E-state index in [-0.39, 0.29) is 7.43 Å². The lowest BCUT2D eigenvalue weighted by molar-refractivity contribution is 1.07. The number of pyridine rings is 1. The highest BCUT2D eigenvalue weighted by Gasteiger charge is 1.96. The van der Waals surface area contributed by atoms with E-state index in [2.05, 4.69) is 10.3 Å². The molecular weight excluding hydrogens is 212 g/mol. The molecule has 2 rings (SSSR count). The molecule has 0 aliphatic carbocycles. The van der Waals surface area contributed by atoms with Crippen LogP contribution in [0.2, 0.25) is 0 Å². The molecule has 0 fully saturated rings. The molecule has 90 valence electrons. The number of hydrogen-bond donors (Lipinski definition) is 3. The monoisotopic (exact) mass is 230 g/mol. The Morgan fingerprint density at radius 3 is 2.65 bits per heavy atom. The van der Waals surface area contributed by atoms with E-state index < -0.39 is 0 Å². The summed E-state index contributed by atoms with van der Waals surface area (Å²) in [4.78, 5) is 4.16. The Kier molecular flexibility index (Phi) is 4.48. The van der Waals surface area contributed by atoms with Crippen molar-refractivity contribution in [1.29, 1.82) is 0 Å². The summed E-state index contributed by atoms with van der Waals surface area (Å²) in [6.07, 6.45) is 1.62. The molecule has 0 unspecified atom stereocenters. The number of nitrogens with zero attached hydrogens (tertiary/aromatic N) is 1. The maximum atomic E-state index is 5.57. The standard InChI is InChI=1S/C12H14N4.CH4/c13-7-9-2-1-3-11(6-9)16-12-5-4-10(14)8-15-12;/h1-6,8H,7,13-14H2,(H,15,16);1H4. The van der Waals surface area contributed by atoms with Gasteiger partial charge in [-0.15, -0.1) is 0 Å². The van der Waals surface area contributed by atoms with Crippen molar-refractivity contribution in [3.05, 3.63) is 48.2 Å². The third-order valence-corrected chi connectivity index (χ3v) is 2.22. The lowest BCUT2D eigenvalue weighted by Gasteiger charge is -2.06. The van der Waals surface area contributed by atoms with E-state index in [1.165, 1.54) is 0 Å². The van der Waals surface area contributed by atoms with Crippen LogP contribution in [0, 0.1) is 0 Å². The summed E-state index contributed by atoms with van der Waals surface area (Å²) in [5, 5.41) is 3.18. The van der Waals surface area contributed by atoms with Crippen LogP contribution < -0.4 is 16.8 Å². The van der Waals surface area contributed by atoms with E-state index >= 15 is 0 Å². The SMILES string of the molecule is C.NCc1cccc(Nc2ccc(N)cn2)c1. The van der Waals surface area contributed by atoms with Crippen LogP contribution in [0.25, 0.3) is 0 Å². The van der Waals surface area contributed by atoms with Crippen molar-refractivity contribution in [2.75, 3.05) is 11.1 Å². The average molecular weight is 230 g/mol. The van der Waals surface area contributed by atoms with Crippen molar-refractivity contribution in [2.45, 2.75) is 14.0 Å². The fraction of sp³-hybridized carbons (Fsp3) is 0.154. The van der Waals surface area contributed by atoms with Crippen molar-refractivity contribution < 1.29 is 0 Å². The molecule has 1 aromatic carbocycles. The van der Waals surface area contributed by atoms with Crippen LogP contribution in [0.5, 0.6) is 0 Å². The fourth-order valence-electron chi connectivity index (χ4n) is 1.40. The van der Waals surface area contributed by atoms with E-state index in [1.807, 2.05) is 36.4 Å². The predicted octanol–water partition coefficient (Wildman–Crippen LogP) is 2.50. The van der Waals surface area contributed by atoms with Crippen molar-refractivity contribution in [3.63, 3.8) is 0 Å².